The molecule has 1 heterocycles. The van der Waals surface area contributed by atoms with E-state index in [0.29, 0.717) is 6.42 Å². The highest BCUT2D eigenvalue weighted by Gasteiger charge is 2.23. The van der Waals surface area contributed by atoms with Crippen LogP contribution in [-0.4, -0.2) is 31.9 Å². The summed E-state index contributed by atoms with van der Waals surface area (Å²) in [5.74, 6) is 0. The number of aromatic nitrogens is 4. The maximum Gasteiger partial charge on any atom is 0.140 e. The van der Waals surface area contributed by atoms with Gasteiger partial charge >= 0.3 is 0 Å². The number of hydrogen-bond donors (Lipinski definition) is 1. The highest BCUT2D eigenvalue weighted by Crippen LogP contribution is 2.22. The number of tetrazole rings is 1. The van der Waals surface area contributed by atoms with Crippen LogP contribution in [0, 0.1) is 0 Å². The molecule has 1 N–H and O–H groups in total. The zero-order valence-electron chi connectivity index (χ0n) is 6.11. The van der Waals surface area contributed by atoms with Crippen molar-refractivity contribution in [2.24, 2.45) is 0 Å². The fourth-order valence-corrected chi connectivity index (χ4v) is 0.855. The van der Waals surface area contributed by atoms with Crippen molar-refractivity contribution in [2.45, 2.75) is 18.3 Å². The van der Waals surface area contributed by atoms with E-state index in [0.717, 1.165) is 0 Å². The van der Waals surface area contributed by atoms with Crippen LogP contribution in [0.3, 0.4) is 0 Å². The Morgan fingerprint density at radius 3 is 2.91 bits per heavy atom. The highest BCUT2D eigenvalue weighted by atomic mass is 35.5. The van der Waals surface area contributed by atoms with Crippen molar-refractivity contribution in [2.75, 3.05) is 6.61 Å². The molecule has 1 unspecified atom stereocenters. The quantitative estimate of drug-likeness (QED) is 0.657. The Kier molecular flexibility index (Phi) is 2.41. The number of rotatable bonds is 3. The van der Waals surface area contributed by atoms with E-state index >= 15 is 0 Å². The van der Waals surface area contributed by atoms with Crippen molar-refractivity contribution in [1.82, 2.24) is 20.2 Å². The predicted molar refractivity (Wildman–Crippen MR) is 39.0 cm³/mol. The average Bonchev–Trinajstić information content (AvgIpc) is 2.37. The Labute approximate surface area is 69.0 Å². The molecule has 0 aliphatic heterocycles. The summed E-state index contributed by atoms with van der Waals surface area (Å²) in [6, 6.07) is 0. The summed E-state index contributed by atoms with van der Waals surface area (Å²) in [4.78, 5) is -0.724. The average molecular weight is 177 g/mol. The molecular weight excluding hydrogens is 168 g/mol. The summed E-state index contributed by atoms with van der Waals surface area (Å²) < 4.78 is 1.41. The smallest absolute Gasteiger partial charge is 0.140 e. The van der Waals surface area contributed by atoms with E-state index in [1.807, 2.05) is 0 Å². The number of halogens is 1. The van der Waals surface area contributed by atoms with Crippen molar-refractivity contribution in [1.29, 1.82) is 0 Å². The van der Waals surface area contributed by atoms with Gasteiger partial charge < -0.3 is 5.11 Å². The molecule has 1 aromatic heterocycles. The molecule has 0 spiro atoms. The van der Waals surface area contributed by atoms with E-state index in [-0.39, 0.29) is 6.61 Å². The van der Waals surface area contributed by atoms with Crippen LogP contribution in [0.2, 0.25) is 0 Å². The zero-order chi connectivity index (χ0) is 8.32. The van der Waals surface area contributed by atoms with Gasteiger partial charge in [-0.15, -0.1) is 5.10 Å². The van der Waals surface area contributed by atoms with Crippen LogP contribution in [0.25, 0.3) is 0 Å². The van der Waals surface area contributed by atoms with E-state index in [1.165, 1.54) is 11.0 Å². The largest absolute Gasteiger partial charge is 0.396 e. The summed E-state index contributed by atoms with van der Waals surface area (Å²) >= 11 is 5.96. The molecule has 0 aliphatic rings. The molecule has 62 valence electrons. The van der Waals surface area contributed by atoms with Crippen LogP contribution in [0.4, 0.5) is 0 Å². The van der Waals surface area contributed by atoms with Gasteiger partial charge in [-0.25, -0.2) is 4.68 Å². The van der Waals surface area contributed by atoms with Crippen LogP contribution < -0.4 is 0 Å². The van der Waals surface area contributed by atoms with Crippen LogP contribution >= 0.6 is 11.6 Å². The van der Waals surface area contributed by atoms with E-state index < -0.39 is 5.00 Å². The summed E-state index contributed by atoms with van der Waals surface area (Å²) in [5, 5.41) is 19.1. The highest BCUT2D eigenvalue weighted by molar-refractivity contribution is 6.21. The molecule has 0 aromatic carbocycles. The van der Waals surface area contributed by atoms with Crippen molar-refractivity contribution < 1.29 is 5.11 Å². The Bertz CT molecular complexity index is 210. The van der Waals surface area contributed by atoms with E-state index in [1.54, 1.807) is 6.92 Å². The molecule has 6 heteroatoms. The van der Waals surface area contributed by atoms with E-state index in [9.17, 15) is 0 Å². The molecule has 1 aromatic rings. The van der Waals surface area contributed by atoms with Crippen LogP contribution in [0.15, 0.2) is 6.33 Å². The standard InChI is InChI=1S/C5H9ClN4O/c1-5(6,2-3-11)10-4-7-8-9-10/h4,11H,2-3H2,1H3. The lowest BCUT2D eigenvalue weighted by molar-refractivity contribution is 0.239. The SMILES string of the molecule is CC(Cl)(CCO)n1cnnn1. The molecule has 0 saturated carbocycles. The van der Waals surface area contributed by atoms with Crippen molar-refractivity contribution in [3.8, 4) is 0 Å². The van der Waals surface area contributed by atoms with Crippen LogP contribution in [0.1, 0.15) is 13.3 Å². The minimum Gasteiger partial charge on any atom is -0.396 e. The second-order valence-corrected chi connectivity index (χ2v) is 3.18. The molecule has 11 heavy (non-hydrogen) atoms. The normalized spacial score (nSPS) is 16.3. The molecule has 0 saturated heterocycles. The monoisotopic (exact) mass is 176 g/mol. The molecule has 0 fully saturated rings. The molecule has 0 radical (unpaired) electrons. The van der Waals surface area contributed by atoms with Crippen LogP contribution in [-0.2, 0) is 5.00 Å². The second-order valence-electron chi connectivity index (χ2n) is 2.37. The zero-order valence-corrected chi connectivity index (χ0v) is 6.86. The summed E-state index contributed by atoms with van der Waals surface area (Å²) in [6.07, 6.45) is 1.84. The third kappa shape index (κ3) is 1.87. The van der Waals surface area contributed by atoms with Gasteiger partial charge in [0.1, 0.15) is 11.3 Å². The first-order valence-corrected chi connectivity index (χ1v) is 3.58. The molecular formula is C5H9ClN4O. The Balaban J connectivity index is 2.73. The fraction of sp³-hybridized carbons (Fsp3) is 0.800. The lowest BCUT2D eigenvalue weighted by Crippen LogP contribution is -2.25. The molecule has 0 bridgehead atoms. The Hall–Kier alpha value is -0.680. The topological polar surface area (TPSA) is 63.8 Å². The van der Waals surface area contributed by atoms with Gasteiger partial charge in [-0.05, 0) is 17.4 Å². The number of alkyl halides is 1. The third-order valence-corrected chi connectivity index (χ3v) is 1.76. The van der Waals surface area contributed by atoms with Gasteiger partial charge in [0.2, 0.25) is 0 Å². The molecule has 0 aliphatic carbocycles. The lowest BCUT2D eigenvalue weighted by atomic mass is 10.2. The van der Waals surface area contributed by atoms with Crippen LogP contribution in [0.5, 0.6) is 0 Å². The van der Waals surface area contributed by atoms with Crippen molar-refractivity contribution >= 4 is 11.6 Å². The maximum absolute atomic E-state index is 8.63. The first-order chi connectivity index (χ1) is 5.17. The molecule has 1 atom stereocenters. The minimum atomic E-state index is -0.724. The third-order valence-electron chi connectivity index (χ3n) is 1.39. The van der Waals surface area contributed by atoms with Crippen molar-refractivity contribution in [3.63, 3.8) is 0 Å². The fourth-order valence-electron chi connectivity index (χ4n) is 0.694. The minimum absolute atomic E-state index is 0.0137. The number of aliphatic hydroxyl groups excluding tert-OH is 1. The summed E-state index contributed by atoms with van der Waals surface area (Å²) in [5.41, 5.74) is 0. The first kappa shape index (κ1) is 8.42. The second kappa shape index (κ2) is 3.15. The Morgan fingerprint density at radius 1 is 1.73 bits per heavy atom. The van der Waals surface area contributed by atoms with Gasteiger partial charge in [0, 0.05) is 13.0 Å². The number of nitrogens with zero attached hydrogens (tertiary/aromatic N) is 4. The maximum atomic E-state index is 8.63. The van der Waals surface area contributed by atoms with Crippen molar-refractivity contribution in [3.05, 3.63) is 6.33 Å². The van der Waals surface area contributed by atoms with Gasteiger partial charge in [0.05, 0.1) is 0 Å². The van der Waals surface area contributed by atoms with Gasteiger partial charge in [-0.3, -0.25) is 0 Å². The molecule has 0 amide bonds. The van der Waals surface area contributed by atoms with Gasteiger partial charge in [-0.2, -0.15) is 0 Å². The summed E-state index contributed by atoms with van der Waals surface area (Å²) in [7, 11) is 0. The first-order valence-electron chi connectivity index (χ1n) is 3.20. The number of aliphatic hydroxyl groups is 1. The Morgan fingerprint density at radius 2 is 2.45 bits per heavy atom. The number of hydrogen-bond acceptors (Lipinski definition) is 4. The lowest BCUT2D eigenvalue weighted by Gasteiger charge is -2.19. The molecule has 1 rings (SSSR count). The predicted octanol–water partition coefficient (Wildman–Crippen LogP) is -0.0330. The van der Waals surface area contributed by atoms with Gasteiger partial charge in [-0.1, -0.05) is 11.6 Å². The van der Waals surface area contributed by atoms with Gasteiger partial charge in [0.25, 0.3) is 0 Å². The summed E-state index contributed by atoms with van der Waals surface area (Å²) in [6.45, 7) is 1.75. The molecule has 5 nitrogen and oxygen atoms in total. The van der Waals surface area contributed by atoms with E-state index in [4.69, 9.17) is 16.7 Å². The van der Waals surface area contributed by atoms with E-state index in [2.05, 4.69) is 15.5 Å². The van der Waals surface area contributed by atoms with Gasteiger partial charge in [0.15, 0.2) is 0 Å².